The number of carbonyl (C=O) groups excluding carboxylic acids is 1. The van der Waals surface area contributed by atoms with Crippen LogP contribution in [0.4, 0.5) is 5.82 Å². The van der Waals surface area contributed by atoms with Crippen LogP contribution >= 0.6 is 0 Å². The molecule has 0 bridgehead atoms. The van der Waals surface area contributed by atoms with Gasteiger partial charge in [0.05, 0.1) is 18.8 Å². The Morgan fingerprint density at radius 1 is 1.32 bits per heavy atom. The summed E-state index contributed by atoms with van der Waals surface area (Å²) in [6.45, 7) is 3.92. The molecular weight excluding hydrogens is 396 g/mol. The Morgan fingerprint density at radius 2 is 2.16 bits per heavy atom. The summed E-state index contributed by atoms with van der Waals surface area (Å²) in [6.07, 6.45) is 7.94. The molecule has 1 fully saturated rings. The monoisotopic (exact) mass is 424 g/mol. The van der Waals surface area contributed by atoms with Crippen LogP contribution in [0.25, 0.3) is 11.2 Å². The molecule has 0 saturated carbocycles. The molecule has 0 radical (unpaired) electrons. The summed E-state index contributed by atoms with van der Waals surface area (Å²) in [5.41, 5.74) is 10.1. The van der Waals surface area contributed by atoms with Crippen LogP contribution < -0.4 is 16.4 Å². The number of nitrogens with two attached hydrogens (primary N) is 1. The Balaban J connectivity index is 1.54. The summed E-state index contributed by atoms with van der Waals surface area (Å²) in [4.78, 5) is 21.1. The number of hydrogen-bond acceptors (Lipinski definition) is 7. The van der Waals surface area contributed by atoms with E-state index < -0.39 is 0 Å². The quantitative estimate of drug-likeness (QED) is 0.586. The first-order valence-corrected chi connectivity index (χ1v) is 10.4. The maximum Gasteiger partial charge on any atom is 0.242 e. The van der Waals surface area contributed by atoms with E-state index in [-0.39, 0.29) is 11.9 Å². The van der Waals surface area contributed by atoms with Crippen molar-refractivity contribution in [3.63, 3.8) is 0 Å². The molecule has 2 aromatic rings. The van der Waals surface area contributed by atoms with E-state index >= 15 is 0 Å². The largest absolute Gasteiger partial charge is 0.492 e. The maximum absolute atomic E-state index is 12.2. The molecule has 2 aromatic heterocycles. The average Bonchev–Trinajstić information content (AvgIpc) is 3.09. The molecule has 4 rings (SSSR count). The van der Waals surface area contributed by atoms with Crippen LogP contribution in [-0.4, -0.2) is 54.4 Å². The highest BCUT2D eigenvalue weighted by Gasteiger charge is 2.25. The first-order valence-electron chi connectivity index (χ1n) is 10.4. The molecule has 1 saturated heterocycles. The fourth-order valence-electron chi connectivity index (χ4n) is 3.53. The van der Waals surface area contributed by atoms with Crippen molar-refractivity contribution in [2.45, 2.75) is 32.2 Å². The number of pyridine rings is 1. The number of methoxy groups -OCH3 is 1. The predicted octanol–water partition coefficient (Wildman–Crippen LogP) is 2.06. The molecule has 0 aliphatic carbocycles. The number of ether oxygens (including phenoxy) is 2. The third-order valence-electron chi connectivity index (χ3n) is 5.52. The number of allylic oxidation sites excluding steroid dienone is 3. The van der Waals surface area contributed by atoms with Crippen molar-refractivity contribution < 1.29 is 14.3 Å². The number of anilines is 1. The van der Waals surface area contributed by atoms with Crippen LogP contribution in [0.1, 0.15) is 31.7 Å². The van der Waals surface area contributed by atoms with Crippen molar-refractivity contribution in [3.8, 4) is 0 Å². The topological polar surface area (TPSA) is 115 Å². The van der Waals surface area contributed by atoms with Gasteiger partial charge in [-0.1, -0.05) is 5.57 Å². The van der Waals surface area contributed by atoms with E-state index in [0.717, 1.165) is 36.2 Å². The van der Waals surface area contributed by atoms with Crippen LogP contribution in [0.5, 0.6) is 0 Å². The number of aliphatic imine (C=N–C) groups is 1. The van der Waals surface area contributed by atoms with Gasteiger partial charge in [-0.2, -0.15) is 0 Å². The molecule has 164 valence electrons. The molecule has 0 spiro atoms. The lowest BCUT2D eigenvalue weighted by molar-refractivity contribution is -0.119. The predicted molar refractivity (Wildman–Crippen MR) is 120 cm³/mol. The zero-order valence-electron chi connectivity index (χ0n) is 17.9. The molecule has 9 heteroatoms. The number of fused-ring (bicyclic) bond motifs is 1. The van der Waals surface area contributed by atoms with E-state index in [4.69, 9.17) is 15.2 Å². The Bertz CT molecular complexity index is 1060. The van der Waals surface area contributed by atoms with Crippen molar-refractivity contribution in [2.75, 3.05) is 32.2 Å². The third kappa shape index (κ3) is 4.78. The van der Waals surface area contributed by atoms with E-state index in [0.29, 0.717) is 37.0 Å². The van der Waals surface area contributed by atoms with Gasteiger partial charge in [0.1, 0.15) is 18.0 Å². The fraction of sp³-hybridized carbons (Fsp3) is 0.409. The number of aromatic nitrogens is 2. The molecule has 4 N–H and O–H groups in total. The second-order valence-corrected chi connectivity index (χ2v) is 7.70. The van der Waals surface area contributed by atoms with Gasteiger partial charge >= 0.3 is 0 Å². The molecule has 1 atom stereocenters. The number of nitrogens with zero attached hydrogens (tertiary/aromatic N) is 3. The number of hydrogen-bond donors (Lipinski definition) is 3. The fourth-order valence-corrected chi connectivity index (χ4v) is 3.53. The van der Waals surface area contributed by atoms with Gasteiger partial charge in [-0.15, -0.1) is 0 Å². The van der Waals surface area contributed by atoms with Crippen LogP contribution in [0.15, 0.2) is 46.7 Å². The Kier molecular flexibility index (Phi) is 6.34. The number of rotatable bonds is 7. The highest BCUT2D eigenvalue weighted by atomic mass is 16.5. The number of carbonyl (C=O) groups is 1. The average molecular weight is 425 g/mol. The normalized spacial score (nSPS) is 19.2. The Morgan fingerprint density at radius 3 is 2.90 bits per heavy atom. The zero-order chi connectivity index (χ0) is 21.8. The van der Waals surface area contributed by atoms with E-state index in [1.54, 1.807) is 13.3 Å². The first-order chi connectivity index (χ1) is 15.0. The zero-order valence-corrected chi connectivity index (χ0v) is 17.9. The highest BCUT2D eigenvalue weighted by molar-refractivity contribution is 6.11. The van der Waals surface area contributed by atoms with Crippen molar-refractivity contribution in [1.82, 2.24) is 14.7 Å². The lowest BCUT2D eigenvalue weighted by Gasteiger charge is -2.25. The number of imidazole rings is 1. The van der Waals surface area contributed by atoms with Crippen molar-refractivity contribution in [2.24, 2.45) is 10.7 Å². The number of amides is 1. The van der Waals surface area contributed by atoms with Crippen LogP contribution in [0, 0.1) is 0 Å². The molecule has 1 unspecified atom stereocenters. The van der Waals surface area contributed by atoms with Gasteiger partial charge < -0.3 is 30.2 Å². The summed E-state index contributed by atoms with van der Waals surface area (Å²) in [5, 5.41) is 5.97. The molecular formula is C22H28N6O3. The Labute approximate surface area is 181 Å². The maximum atomic E-state index is 12.2. The lowest BCUT2D eigenvalue weighted by Crippen LogP contribution is -2.50. The Hall–Kier alpha value is -3.17. The lowest BCUT2D eigenvalue weighted by atomic mass is 9.98. The van der Waals surface area contributed by atoms with Gasteiger partial charge in [-0.25, -0.2) is 9.98 Å². The second-order valence-electron chi connectivity index (χ2n) is 7.70. The van der Waals surface area contributed by atoms with E-state index in [9.17, 15) is 4.79 Å². The highest BCUT2D eigenvalue weighted by Crippen LogP contribution is 2.26. The summed E-state index contributed by atoms with van der Waals surface area (Å²) < 4.78 is 12.7. The molecule has 2 aliphatic heterocycles. The molecule has 1 amide bonds. The van der Waals surface area contributed by atoms with Crippen molar-refractivity contribution >= 4 is 29.2 Å². The van der Waals surface area contributed by atoms with Crippen molar-refractivity contribution in [1.29, 1.82) is 0 Å². The molecule has 9 nitrogen and oxygen atoms in total. The summed E-state index contributed by atoms with van der Waals surface area (Å²) in [7, 11) is 1.64. The van der Waals surface area contributed by atoms with E-state index in [2.05, 4.69) is 27.5 Å². The standard InChI is InChI=1S/C22H28N6O3/c1-14-3-5-18(31-10-9-30-2)21(23)25-11-16(14)15-4-6-20-26-19(13-28(20)12-15)27-22(29)17-7-8-24-17/h4,6,11-13,17,24H,3,5,7-10,23H2,1-2H3,(H,27,29). The minimum atomic E-state index is -0.124. The van der Waals surface area contributed by atoms with Crippen molar-refractivity contribution in [3.05, 3.63) is 47.2 Å². The van der Waals surface area contributed by atoms with Gasteiger partial charge in [0.25, 0.3) is 0 Å². The summed E-state index contributed by atoms with van der Waals surface area (Å²) >= 11 is 0. The third-order valence-corrected chi connectivity index (χ3v) is 5.52. The minimum absolute atomic E-state index is 0.0497. The smallest absolute Gasteiger partial charge is 0.242 e. The minimum Gasteiger partial charge on any atom is -0.492 e. The SMILES string of the molecule is COCCOC1=C(N)N=CC(c2ccc3nc(NC(=O)C4CCN4)cn3c2)=C(C)CC1. The van der Waals surface area contributed by atoms with Crippen LogP contribution in [-0.2, 0) is 14.3 Å². The molecule has 0 aromatic carbocycles. The summed E-state index contributed by atoms with van der Waals surface area (Å²) in [5.74, 6) is 1.57. The second kappa shape index (κ2) is 9.32. The molecule has 31 heavy (non-hydrogen) atoms. The van der Waals surface area contributed by atoms with Crippen LogP contribution in [0.2, 0.25) is 0 Å². The van der Waals surface area contributed by atoms with Crippen LogP contribution in [0.3, 0.4) is 0 Å². The van der Waals surface area contributed by atoms with E-state index in [1.165, 1.54) is 5.57 Å². The molecule has 4 heterocycles. The first kappa shape index (κ1) is 21.1. The van der Waals surface area contributed by atoms with Gasteiger partial charge in [0.2, 0.25) is 5.91 Å². The van der Waals surface area contributed by atoms with Gasteiger partial charge in [0, 0.05) is 31.5 Å². The van der Waals surface area contributed by atoms with Gasteiger partial charge in [-0.05, 0) is 44.0 Å². The molecule has 2 aliphatic rings. The number of nitrogens with one attached hydrogen (secondary N) is 2. The van der Waals surface area contributed by atoms with E-state index in [1.807, 2.05) is 28.9 Å². The van der Waals surface area contributed by atoms with Gasteiger partial charge in [-0.3, -0.25) is 4.79 Å². The van der Waals surface area contributed by atoms with Gasteiger partial charge in [0.15, 0.2) is 11.6 Å². The summed E-state index contributed by atoms with van der Waals surface area (Å²) in [6, 6.07) is 3.81.